The number of benzene rings is 2. The highest BCUT2D eigenvalue weighted by Crippen LogP contribution is 2.25. The first kappa shape index (κ1) is 16.9. The van der Waals surface area contributed by atoms with E-state index in [1.807, 2.05) is 36.5 Å². The fourth-order valence-corrected chi connectivity index (χ4v) is 2.78. The Kier molecular flexibility index (Phi) is 4.61. The minimum absolute atomic E-state index is 0.327. The molecule has 1 N–H and O–H groups in total. The standard InChI is InChI=1S/C21H18FN3O2/c1-26-18-7-5-17(6-8-18)25-14-15(13-24-25)12-23-20-9-4-16(11-19(20)22)21-3-2-10-27-21/h2-11,13-14,23H,12H2,1H3. The van der Waals surface area contributed by atoms with Gasteiger partial charge in [0.1, 0.15) is 17.3 Å². The van der Waals surface area contributed by atoms with Gasteiger partial charge in [-0.1, -0.05) is 0 Å². The Labute approximate surface area is 156 Å². The fourth-order valence-electron chi connectivity index (χ4n) is 2.78. The number of rotatable bonds is 6. The highest BCUT2D eigenvalue weighted by Gasteiger charge is 2.08. The summed E-state index contributed by atoms with van der Waals surface area (Å²) >= 11 is 0. The molecule has 0 radical (unpaired) electrons. The highest BCUT2D eigenvalue weighted by atomic mass is 19.1. The minimum atomic E-state index is -0.327. The van der Waals surface area contributed by atoms with Crippen LogP contribution in [0.25, 0.3) is 17.0 Å². The van der Waals surface area contributed by atoms with Crippen LogP contribution in [-0.2, 0) is 6.54 Å². The molecule has 4 aromatic rings. The van der Waals surface area contributed by atoms with Gasteiger partial charge in [0.05, 0.1) is 30.9 Å². The van der Waals surface area contributed by atoms with Crippen LogP contribution in [0, 0.1) is 5.82 Å². The van der Waals surface area contributed by atoms with E-state index in [0.717, 1.165) is 17.0 Å². The molecular formula is C21H18FN3O2. The Morgan fingerprint density at radius 3 is 2.70 bits per heavy atom. The molecule has 0 spiro atoms. The molecule has 2 heterocycles. The third-order valence-electron chi connectivity index (χ3n) is 4.23. The molecule has 2 aromatic heterocycles. The Morgan fingerprint density at radius 2 is 2.00 bits per heavy atom. The molecule has 0 amide bonds. The van der Waals surface area contributed by atoms with Crippen molar-refractivity contribution in [2.75, 3.05) is 12.4 Å². The summed E-state index contributed by atoms with van der Waals surface area (Å²) < 4.78 is 26.6. The van der Waals surface area contributed by atoms with Gasteiger partial charge in [-0.25, -0.2) is 9.07 Å². The third-order valence-corrected chi connectivity index (χ3v) is 4.23. The van der Waals surface area contributed by atoms with Crippen LogP contribution in [0.1, 0.15) is 5.56 Å². The van der Waals surface area contributed by atoms with Crippen LogP contribution in [-0.4, -0.2) is 16.9 Å². The molecule has 0 fully saturated rings. The van der Waals surface area contributed by atoms with E-state index in [1.54, 1.807) is 42.5 Å². The van der Waals surface area contributed by atoms with Crippen LogP contribution < -0.4 is 10.1 Å². The molecule has 2 aromatic carbocycles. The molecule has 5 nitrogen and oxygen atoms in total. The predicted octanol–water partition coefficient (Wildman–Crippen LogP) is 4.89. The van der Waals surface area contributed by atoms with Crippen LogP contribution in [0.3, 0.4) is 0 Å². The van der Waals surface area contributed by atoms with Gasteiger partial charge in [0.25, 0.3) is 0 Å². The first-order valence-electron chi connectivity index (χ1n) is 8.48. The Hall–Kier alpha value is -3.54. The lowest BCUT2D eigenvalue weighted by atomic mass is 10.1. The first-order chi connectivity index (χ1) is 13.2. The van der Waals surface area contributed by atoms with Crippen LogP contribution in [0.15, 0.2) is 77.7 Å². The summed E-state index contributed by atoms with van der Waals surface area (Å²) in [6.07, 6.45) is 5.23. The average molecular weight is 363 g/mol. The summed E-state index contributed by atoms with van der Waals surface area (Å²) in [7, 11) is 1.63. The molecular weight excluding hydrogens is 345 g/mol. The molecule has 0 aliphatic heterocycles. The number of hydrogen-bond donors (Lipinski definition) is 1. The average Bonchev–Trinajstić information content (AvgIpc) is 3.39. The molecule has 0 aliphatic rings. The zero-order valence-electron chi connectivity index (χ0n) is 14.7. The minimum Gasteiger partial charge on any atom is -0.497 e. The number of hydrogen-bond acceptors (Lipinski definition) is 4. The quantitative estimate of drug-likeness (QED) is 0.530. The van der Waals surface area contributed by atoms with Gasteiger partial charge in [0.2, 0.25) is 0 Å². The van der Waals surface area contributed by atoms with Crippen molar-refractivity contribution in [2.24, 2.45) is 0 Å². The molecule has 0 saturated heterocycles. The summed E-state index contributed by atoms with van der Waals surface area (Å²) in [5.74, 6) is 1.11. The molecule has 4 rings (SSSR count). The zero-order valence-corrected chi connectivity index (χ0v) is 14.7. The maximum Gasteiger partial charge on any atom is 0.147 e. The number of furan rings is 1. The molecule has 27 heavy (non-hydrogen) atoms. The van der Waals surface area contributed by atoms with Crippen molar-refractivity contribution in [3.63, 3.8) is 0 Å². The van der Waals surface area contributed by atoms with Crippen LogP contribution in [0.4, 0.5) is 10.1 Å². The van der Waals surface area contributed by atoms with E-state index in [0.29, 0.717) is 23.6 Å². The van der Waals surface area contributed by atoms with Gasteiger partial charge in [-0.2, -0.15) is 5.10 Å². The Morgan fingerprint density at radius 1 is 1.15 bits per heavy atom. The van der Waals surface area contributed by atoms with E-state index in [4.69, 9.17) is 9.15 Å². The van der Waals surface area contributed by atoms with Gasteiger partial charge in [-0.3, -0.25) is 0 Å². The summed E-state index contributed by atoms with van der Waals surface area (Å²) in [5.41, 5.74) is 3.01. The Balaban J connectivity index is 1.44. The lowest BCUT2D eigenvalue weighted by Gasteiger charge is -2.07. The molecule has 0 bridgehead atoms. The molecule has 0 unspecified atom stereocenters. The maximum absolute atomic E-state index is 14.3. The number of ether oxygens (including phenoxy) is 1. The molecule has 6 heteroatoms. The summed E-state index contributed by atoms with van der Waals surface area (Å²) in [5, 5.41) is 7.46. The van der Waals surface area contributed by atoms with Gasteiger partial charge < -0.3 is 14.5 Å². The van der Waals surface area contributed by atoms with Gasteiger partial charge in [0.15, 0.2) is 0 Å². The van der Waals surface area contributed by atoms with Crippen molar-refractivity contribution in [1.29, 1.82) is 0 Å². The number of methoxy groups -OCH3 is 1. The molecule has 0 saturated carbocycles. The van der Waals surface area contributed by atoms with Gasteiger partial charge in [-0.05, 0) is 54.6 Å². The number of nitrogens with one attached hydrogen (secondary N) is 1. The summed E-state index contributed by atoms with van der Waals surface area (Å²) in [4.78, 5) is 0. The molecule has 0 aliphatic carbocycles. The highest BCUT2D eigenvalue weighted by molar-refractivity contribution is 5.62. The van der Waals surface area contributed by atoms with Crippen LogP contribution in [0.5, 0.6) is 5.75 Å². The van der Waals surface area contributed by atoms with E-state index >= 15 is 0 Å². The lowest BCUT2D eigenvalue weighted by Crippen LogP contribution is -2.01. The van der Waals surface area contributed by atoms with E-state index < -0.39 is 0 Å². The maximum atomic E-state index is 14.3. The van der Waals surface area contributed by atoms with Crippen molar-refractivity contribution in [1.82, 2.24) is 9.78 Å². The van der Waals surface area contributed by atoms with Crippen molar-refractivity contribution in [3.05, 3.63) is 84.6 Å². The zero-order chi connectivity index (χ0) is 18.6. The third kappa shape index (κ3) is 3.69. The summed E-state index contributed by atoms with van der Waals surface area (Å²) in [6, 6.07) is 16.2. The first-order valence-corrected chi connectivity index (χ1v) is 8.48. The smallest absolute Gasteiger partial charge is 0.147 e. The van der Waals surface area contributed by atoms with Gasteiger partial charge in [0, 0.05) is 23.9 Å². The topological polar surface area (TPSA) is 52.2 Å². The summed E-state index contributed by atoms with van der Waals surface area (Å²) in [6.45, 7) is 0.465. The number of aromatic nitrogens is 2. The largest absolute Gasteiger partial charge is 0.497 e. The van der Waals surface area contributed by atoms with E-state index in [-0.39, 0.29) is 5.82 Å². The van der Waals surface area contributed by atoms with Crippen LogP contribution in [0.2, 0.25) is 0 Å². The van der Waals surface area contributed by atoms with Crippen molar-refractivity contribution >= 4 is 5.69 Å². The van der Waals surface area contributed by atoms with Gasteiger partial charge in [-0.15, -0.1) is 0 Å². The van der Waals surface area contributed by atoms with Crippen molar-refractivity contribution in [3.8, 4) is 22.8 Å². The second-order valence-electron chi connectivity index (χ2n) is 6.02. The predicted molar refractivity (Wildman–Crippen MR) is 102 cm³/mol. The Bertz CT molecular complexity index is 1020. The van der Waals surface area contributed by atoms with Crippen LogP contribution >= 0.6 is 0 Å². The van der Waals surface area contributed by atoms with Crippen molar-refractivity contribution in [2.45, 2.75) is 6.54 Å². The van der Waals surface area contributed by atoms with Crippen molar-refractivity contribution < 1.29 is 13.5 Å². The number of anilines is 1. The lowest BCUT2D eigenvalue weighted by molar-refractivity contribution is 0.414. The van der Waals surface area contributed by atoms with E-state index in [1.165, 1.54) is 6.07 Å². The van der Waals surface area contributed by atoms with Gasteiger partial charge >= 0.3 is 0 Å². The number of halogens is 1. The second-order valence-corrected chi connectivity index (χ2v) is 6.02. The normalized spacial score (nSPS) is 10.7. The molecule has 136 valence electrons. The fraction of sp³-hybridized carbons (Fsp3) is 0.0952. The number of nitrogens with zero attached hydrogens (tertiary/aromatic N) is 2. The van der Waals surface area contributed by atoms with E-state index in [9.17, 15) is 4.39 Å². The molecule has 0 atom stereocenters. The van der Waals surface area contributed by atoms with E-state index in [2.05, 4.69) is 10.4 Å². The SMILES string of the molecule is COc1ccc(-n2cc(CNc3ccc(-c4ccco4)cc3F)cn2)cc1. The second kappa shape index (κ2) is 7.37. The monoisotopic (exact) mass is 363 g/mol.